The summed E-state index contributed by atoms with van der Waals surface area (Å²) in [5, 5.41) is 1.83. The first-order valence-corrected chi connectivity index (χ1v) is 14.0. The molecule has 5 rings (SSSR count). The quantitative estimate of drug-likeness (QED) is 0.264. The summed E-state index contributed by atoms with van der Waals surface area (Å²) >= 11 is 6.14. The number of halogens is 1. The fourth-order valence-electron chi connectivity index (χ4n) is 4.70. The minimum atomic E-state index is -1.55. The summed E-state index contributed by atoms with van der Waals surface area (Å²) < 4.78 is 19.1. The number of esters is 1. The van der Waals surface area contributed by atoms with Crippen molar-refractivity contribution in [2.24, 2.45) is 0 Å². The van der Waals surface area contributed by atoms with Gasteiger partial charge in [-0.3, -0.25) is 18.7 Å². The Morgan fingerprint density at radius 2 is 1.50 bits per heavy atom. The second-order valence-corrected chi connectivity index (χ2v) is 10.8. The molecule has 194 valence electrons. The number of rotatable bonds is 8. The van der Waals surface area contributed by atoms with Crippen LogP contribution in [0.4, 0.5) is 0 Å². The molecule has 0 aliphatic carbocycles. The van der Waals surface area contributed by atoms with Crippen molar-refractivity contribution in [2.75, 3.05) is 11.6 Å². The molecule has 2 aliphatic heterocycles. The van der Waals surface area contributed by atoms with E-state index in [0.717, 1.165) is 16.7 Å². The molecule has 0 saturated carbocycles. The largest absolute Gasteiger partial charge is 0.448 e. The molecule has 1 N–H and O–H groups in total. The number of amides is 2. The zero-order chi connectivity index (χ0) is 26.6. The maximum atomic E-state index is 13.6. The molecule has 2 heterocycles. The van der Waals surface area contributed by atoms with Gasteiger partial charge in [-0.05, 0) is 22.3 Å². The van der Waals surface area contributed by atoms with Gasteiger partial charge in [0.15, 0.2) is 6.10 Å². The molecule has 7 nitrogen and oxygen atoms in total. The molecule has 9 heteroatoms. The fourth-order valence-corrected chi connectivity index (χ4v) is 6.72. The van der Waals surface area contributed by atoms with Gasteiger partial charge < -0.3 is 10.1 Å². The highest BCUT2D eigenvalue weighted by atomic mass is 35.5. The molecule has 0 bridgehead atoms. The van der Waals surface area contributed by atoms with Crippen LogP contribution in [0, 0.1) is 0 Å². The van der Waals surface area contributed by atoms with E-state index in [1.54, 1.807) is 0 Å². The zero-order valence-corrected chi connectivity index (χ0v) is 21.9. The van der Waals surface area contributed by atoms with Gasteiger partial charge >= 0.3 is 5.97 Å². The maximum Gasteiger partial charge on any atom is 0.356 e. The molecular weight excluding hydrogens is 524 g/mol. The van der Waals surface area contributed by atoms with E-state index in [-0.39, 0.29) is 29.7 Å². The Kier molecular flexibility index (Phi) is 7.72. The van der Waals surface area contributed by atoms with Gasteiger partial charge in [0.25, 0.3) is 5.91 Å². The second-order valence-electron chi connectivity index (χ2n) is 9.02. The van der Waals surface area contributed by atoms with Crippen molar-refractivity contribution in [1.82, 2.24) is 10.2 Å². The number of nitrogens with zero attached hydrogens (tertiary/aromatic N) is 1. The second kappa shape index (κ2) is 11.3. The molecule has 1 fully saturated rings. The van der Waals surface area contributed by atoms with Gasteiger partial charge in [-0.25, -0.2) is 4.79 Å². The third kappa shape index (κ3) is 5.14. The van der Waals surface area contributed by atoms with Gasteiger partial charge in [-0.2, -0.15) is 0 Å². The minimum Gasteiger partial charge on any atom is -0.448 e. The van der Waals surface area contributed by atoms with Crippen molar-refractivity contribution < 1.29 is 23.3 Å². The summed E-state index contributed by atoms with van der Waals surface area (Å²) in [6, 6.07) is 26.7. The number of carbonyl (C=O) groups excluding carboxylic acids is 3. The standard InChI is InChI=1S/C29H25ClN2O5S/c30-17-22-18-38(36)28-24(31-23(33)16-19-10-4-1-5-11-19)27(34)32(28)25(22)29(35)37-26(20-12-6-2-7-13-20)21-14-8-3-9-15-21/h1-15,24,26,28H,16-18H2,(H,31,33). The topological polar surface area (TPSA) is 92.8 Å². The average molecular weight is 549 g/mol. The van der Waals surface area contributed by atoms with Crippen LogP contribution in [0.15, 0.2) is 102 Å². The van der Waals surface area contributed by atoms with Crippen molar-refractivity contribution in [2.45, 2.75) is 23.9 Å². The van der Waals surface area contributed by atoms with Gasteiger partial charge in [0.05, 0.1) is 23.0 Å². The van der Waals surface area contributed by atoms with E-state index in [9.17, 15) is 18.6 Å². The number of carbonyl (C=O) groups is 3. The van der Waals surface area contributed by atoms with E-state index in [0.29, 0.717) is 5.57 Å². The Hall–Kier alpha value is -3.75. The van der Waals surface area contributed by atoms with Crippen LogP contribution in [-0.2, 0) is 36.3 Å². The lowest BCUT2D eigenvalue weighted by Crippen LogP contribution is -2.73. The van der Waals surface area contributed by atoms with Gasteiger partial charge in [0, 0.05) is 5.88 Å². The molecule has 38 heavy (non-hydrogen) atoms. The summed E-state index contributed by atoms with van der Waals surface area (Å²) in [5.41, 5.74) is 2.68. The number of fused-ring (bicyclic) bond motifs is 1. The lowest BCUT2D eigenvalue weighted by molar-refractivity contribution is -0.154. The predicted octanol–water partition coefficient (Wildman–Crippen LogP) is 3.47. The first kappa shape index (κ1) is 25.9. The third-order valence-electron chi connectivity index (χ3n) is 6.51. The molecule has 3 atom stereocenters. The Balaban J connectivity index is 1.38. The molecule has 1 saturated heterocycles. The number of benzene rings is 3. The number of ether oxygens (including phenoxy) is 1. The van der Waals surface area contributed by atoms with E-state index in [2.05, 4.69) is 5.32 Å². The molecular formula is C29H25ClN2O5S. The molecule has 0 spiro atoms. The highest BCUT2D eigenvalue weighted by Crippen LogP contribution is 2.37. The predicted molar refractivity (Wildman–Crippen MR) is 144 cm³/mol. The van der Waals surface area contributed by atoms with Crippen LogP contribution < -0.4 is 5.32 Å². The molecule has 3 unspecified atom stereocenters. The molecule has 3 aromatic carbocycles. The molecule has 0 radical (unpaired) electrons. The molecule has 0 aromatic heterocycles. The van der Waals surface area contributed by atoms with Crippen LogP contribution in [0.25, 0.3) is 0 Å². The number of nitrogens with one attached hydrogen (secondary N) is 1. The van der Waals surface area contributed by atoms with Gasteiger partial charge in [-0.1, -0.05) is 91.0 Å². The first-order valence-electron chi connectivity index (χ1n) is 12.1. The lowest BCUT2D eigenvalue weighted by Gasteiger charge is -2.49. The van der Waals surface area contributed by atoms with E-state index in [1.165, 1.54) is 4.90 Å². The summed E-state index contributed by atoms with van der Waals surface area (Å²) in [5.74, 6) is -1.69. The highest BCUT2D eigenvalue weighted by Gasteiger charge is 2.57. The van der Waals surface area contributed by atoms with Crippen LogP contribution in [0.2, 0.25) is 0 Å². The third-order valence-corrected chi connectivity index (χ3v) is 8.49. The first-order chi connectivity index (χ1) is 18.5. The summed E-state index contributed by atoms with van der Waals surface area (Å²) in [6.45, 7) is 0. The average Bonchev–Trinajstić information content (AvgIpc) is 2.95. The molecule has 3 aromatic rings. The van der Waals surface area contributed by atoms with Crippen molar-refractivity contribution in [3.8, 4) is 0 Å². The number of hydrogen-bond acceptors (Lipinski definition) is 5. The van der Waals surface area contributed by atoms with Crippen LogP contribution in [0.3, 0.4) is 0 Å². The number of hydrogen-bond donors (Lipinski definition) is 1. The SMILES string of the molecule is O=C(Cc1ccccc1)NC1C(=O)N2C(C(=O)OC(c3ccccc3)c3ccccc3)=C(CCl)CS(=O)C12. The minimum absolute atomic E-state index is 0.0000191. The van der Waals surface area contributed by atoms with Gasteiger partial charge in [0.1, 0.15) is 17.1 Å². The van der Waals surface area contributed by atoms with Crippen molar-refractivity contribution >= 4 is 40.2 Å². The lowest BCUT2D eigenvalue weighted by atomic mass is 10.0. The van der Waals surface area contributed by atoms with E-state index in [4.69, 9.17) is 16.3 Å². The van der Waals surface area contributed by atoms with Crippen molar-refractivity contribution in [1.29, 1.82) is 0 Å². The van der Waals surface area contributed by atoms with Gasteiger partial charge in [-0.15, -0.1) is 11.6 Å². The Morgan fingerprint density at radius 3 is 2.05 bits per heavy atom. The summed E-state index contributed by atoms with van der Waals surface area (Å²) in [7, 11) is -1.55. The Labute approximate surface area is 227 Å². The van der Waals surface area contributed by atoms with Crippen LogP contribution >= 0.6 is 11.6 Å². The van der Waals surface area contributed by atoms with Crippen molar-refractivity contribution in [3.63, 3.8) is 0 Å². The molecule has 2 amide bonds. The maximum absolute atomic E-state index is 13.6. The number of β-lactam (4-membered cyclic amide) rings is 1. The monoisotopic (exact) mass is 548 g/mol. The van der Waals surface area contributed by atoms with Crippen molar-refractivity contribution in [3.05, 3.63) is 119 Å². The number of alkyl halides is 1. The van der Waals surface area contributed by atoms with Gasteiger partial charge in [0.2, 0.25) is 5.91 Å². The Morgan fingerprint density at radius 1 is 0.947 bits per heavy atom. The summed E-state index contributed by atoms with van der Waals surface area (Å²) in [4.78, 5) is 40.7. The normalized spacial score (nSPS) is 20.5. The van der Waals surface area contributed by atoms with E-state index < -0.39 is 40.2 Å². The fraction of sp³-hybridized carbons (Fsp3) is 0.207. The smallest absolute Gasteiger partial charge is 0.356 e. The molecule has 2 aliphatic rings. The van der Waals surface area contributed by atoms with E-state index >= 15 is 0 Å². The highest BCUT2D eigenvalue weighted by molar-refractivity contribution is 7.86. The Bertz CT molecular complexity index is 1360. The van der Waals surface area contributed by atoms with Crippen LogP contribution in [0.1, 0.15) is 22.8 Å². The summed E-state index contributed by atoms with van der Waals surface area (Å²) in [6.07, 6.45) is -0.644. The zero-order valence-electron chi connectivity index (χ0n) is 20.3. The van der Waals surface area contributed by atoms with E-state index in [1.807, 2.05) is 91.0 Å². The van der Waals surface area contributed by atoms with Crippen LogP contribution in [-0.4, -0.2) is 49.9 Å². The van der Waals surface area contributed by atoms with Crippen LogP contribution in [0.5, 0.6) is 0 Å².